The van der Waals surface area contributed by atoms with Crippen LogP contribution in [-0.2, 0) is 10.9 Å². The molecule has 6 heteroatoms. The summed E-state index contributed by atoms with van der Waals surface area (Å²) in [5.41, 5.74) is 1.17. The first kappa shape index (κ1) is 13.1. The Morgan fingerprint density at radius 2 is 1.53 bits per heavy atom. The van der Waals surface area contributed by atoms with E-state index in [9.17, 15) is 13.2 Å². The molecule has 0 radical (unpaired) electrons. The summed E-state index contributed by atoms with van der Waals surface area (Å²) < 4.78 is 23.6. The number of para-hydroxylation sites is 2. The van der Waals surface area contributed by atoms with Crippen LogP contribution in [-0.4, -0.2) is 14.3 Å². The molecule has 2 rings (SSSR count). The molecular formula is C13H12N2O3S. The molecule has 0 heterocycles. The average Bonchev–Trinajstić information content (AvgIpc) is 2.39. The van der Waals surface area contributed by atoms with Crippen LogP contribution in [0.3, 0.4) is 0 Å². The minimum absolute atomic E-state index is 0.257. The number of carbonyl (C=O) groups excluding carboxylic acids is 1. The van der Waals surface area contributed by atoms with Gasteiger partial charge in [0.05, 0.1) is 11.3 Å². The van der Waals surface area contributed by atoms with Gasteiger partial charge in [-0.2, -0.15) is 0 Å². The number of benzene rings is 2. The van der Waals surface area contributed by atoms with Crippen LogP contribution < -0.4 is 10.0 Å². The lowest BCUT2D eigenvalue weighted by Gasteiger charge is -2.08. The van der Waals surface area contributed by atoms with Crippen molar-refractivity contribution in [3.8, 4) is 0 Å². The van der Waals surface area contributed by atoms with Crippen LogP contribution in [0.2, 0.25) is 0 Å². The van der Waals surface area contributed by atoms with Crippen molar-refractivity contribution in [1.29, 1.82) is 0 Å². The number of thiol groups is 1. The van der Waals surface area contributed by atoms with Crippen molar-refractivity contribution in [2.24, 2.45) is 0 Å². The molecule has 0 saturated carbocycles. The maximum absolute atomic E-state index is 12.1. The third-order valence-corrected chi connectivity index (χ3v) is 2.84. The highest BCUT2D eigenvalue weighted by Gasteiger charge is 2.11. The first-order valence-corrected chi connectivity index (χ1v) is 6.71. The average molecular weight is 276 g/mol. The lowest BCUT2D eigenvalue weighted by molar-refractivity contribution is 0.102. The van der Waals surface area contributed by atoms with Gasteiger partial charge in [-0.1, -0.05) is 30.3 Å². The second-order valence-electron chi connectivity index (χ2n) is 3.73. The molecule has 0 saturated heterocycles. The van der Waals surface area contributed by atoms with Crippen LogP contribution in [0.1, 0.15) is 10.4 Å². The van der Waals surface area contributed by atoms with Crippen molar-refractivity contribution >= 4 is 28.2 Å². The third kappa shape index (κ3) is 3.56. The van der Waals surface area contributed by atoms with Gasteiger partial charge >= 0.3 is 0 Å². The molecule has 0 unspecified atom stereocenters. The zero-order valence-electron chi connectivity index (χ0n) is 9.87. The largest absolute Gasteiger partial charge is 0.322 e. The molecule has 0 aliphatic heterocycles. The summed E-state index contributed by atoms with van der Waals surface area (Å²) in [5.74, 6) is -0.369. The fourth-order valence-electron chi connectivity index (χ4n) is 1.60. The van der Waals surface area contributed by atoms with Crippen LogP contribution in [0.25, 0.3) is 0 Å². The predicted octanol–water partition coefficient (Wildman–Crippen LogP) is 1.88. The van der Waals surface area contributed by atoms with Crippen molar-refractivity contribution in [2.45, 2.75) is 0 Å². The van der Waals surface area contributed by atoms with Gasteiger partial charge in [0.2, 0.25) is 10.9 Å². The van der Waals surface area contributed by atoms with Crippen LogP contribution in [0.15, 0.2) is 54.6 Å². The van der Waals surface area contributed by atoms with E-state index >= 15 is 0 Å². The SMILES string of the molecule is O=C(Nc1ccccc1)c1ccccc1N[SH](=O)=O. The van der Waals surface area contributed by atoms with E-state index in [2.05, 4.69) is 10.0 Å². The number of amides is 1. The van der Waals surface area contributed by atoms with Crippen molar-refractivity contribution < 1.29 is 13.2 Å². The highest BCUT2D eigenvalue weighted by atomic mass is 32.2. The van der Waals surface area contributed by atoms with E-state index in [0.29, 0.717) is 5.69 Å². The topological polar surface area (TPSA) is 75.3 Å². The predicted molar refractivity (Wildman–Crippen MR) is 74.8 cm³/mol. The number of hydrogen-bond acceptors (Lipinski definition) is 3. The maximum atomic E-state index is 12.1. The molecular weight excluding hydrogens is 264 g/mol. The summed E-state index contributed by atoms with van der Waals surface area (Å²) in [5, 5.41) is 2.70. The number of rotatable bonds is 4. The zero-order valence-corrected chi connectivity index (χ0v) is 10.8. The van der Waals surface area contributed by atoms with Gasteiger partial charge < -0.3 is 5.32 Å². The second-order valence-corrected chi connectivity index (χ2v) is 4.47. The van der Waals surface area contributed by atoms with Gasteiger partial charge in [-0.3, -0.25) is 9.52 Å². The van der Waals surface area contributed by atoms with E-state index in [1.54, 1.807) is 42.5 Å². The first-order valence-electron chi connectivity index (χ1n) is 5.53. The normalized spacial score (nSPS) is 10.2. The minimum Gasteiger partial charge on any atom is -0.322 e. The van der Waals surface area contributed by atoms with E-state index in [1.165, 1.54) is 6.07 Å². The third-order valence-electron chi connectivity index (χ3n) is 2.42. The summed E-state index contributed by atoms with van der Waals surface area (Å²) >= 11 is 0. The number of anilines is 2. The summed E-state index contributed by atoms with van der Waals surface area (Å²) in [6.07, 6.45) is 0. The van der Waals surface area contributed by atoms with Crippen LogP contribution in [0, 0.1) is 0 Å². The Kier molecular flexibility index (Phi) is 4.15. The molecule has 1 amide bonds. The molecule has 2 aromatic carbocycles. The molecule has 2 N–H and O–H groups in total. The molecule has 0 atom stereocenters. The summed E-state index contributed by atoms with van der Waals surface area (Å²) in [6, 6.07) is 15.4. The Balaban J connectivity index is 2.24. The highest BCUT2D eigenvalue weighted by Crippen LogP contribution is 2.17. The number of carbonyl (C=O) groups is 1. The quantitative estimate of drug-likeness (QED) is 0.746. The molecule has 0 aliphatic rings. The van der Waals surface area contributed by atoms with E-state index < -0.39 is 10.9 Å². The molecule has 19 heavy (non-hydrogen) atoms. The van der Waals surface area contributed by atoms with Crippen molar-refractivity contribution in [1.82, 2.24) is 0 Å². The van der Waals surface area contributed by atoms with E-state index in [4.69, 9.17) is 0 Å². The fourth-order valence-corrected chi connectivity index (χ4v) is 1.99. The Bertz CT molecular complexity index is 646. The highest BCUT2D eigenvalue weighted by molar-refractivity contribution is 7.73. The number of nitrogens with one attached hydrogen (secondary N) is 2. The Hall–Kier alpha value is -2.34. The smallest absolute Gasteiger partial charge is 0.257 e. The molecule has 0 bridgehead atoms. The van der Waals surface area contributed by atoms with E-state index in [0.717, 1.165) is 0 Å². The van der Waals surface area contributed by atoms with E-state index in [-0.39, 0.29) is 17.2 Å². The molecule has 5 nitrogen and oxygen atoms in total. The first-order chi connectivity index (χ1) is 9.16. The van der Waals surface area contributed by atoms with Gasteiger partial charge in [0.25, 0.3) is 5.91 Å². The van der Waals surface area contributed by atoms with Crippen LogP contribution in [0.5, 0.6) is 0 Å². The van der Waals surface area contributed by atoms with Gasteiger partial charge in [0.1, 0.15) is 0 Å². The standard InChI is InChI=1S/C13H12N2O3S/c16-13(14-10-6-2-1-3-7-10)11-8-4-5-9-12(11)15-19(17)18/h1-9,19H,(H,14,16)(H,15,17,18). The van der Waals surface area contributed by atoms with Gasteiger partial charge in [0.15, 0.2) is 0 Å². The molecule has 0 aliphatic carbocycles. The Labute approximate surface area is 112 Å². The fraction of sp³-hybridized carbons (Fsp3) is 0. The van der Waals surface area contributed by atoms with Crippen molar-refractivity contribution in [2.75, 3.05) is 10.0 Å². The lowest BCUT2D eigenvalue weighted by Crippen LogP contribution is -2.14. The van der Waals surface area contributed by atoms with Crippen molar-refractivity contribution in [3.63, 3.8) is 0 Å². The minimum atomic E-state index is -2.81. The molecule has 0 fully saturated rings. The monoisotopic (exact) mass is 276 g/mol. The number of hydrogen-bond donors (Lipinski definition) is 3. The summed E-state index contributed by atoms with van der Waals surface area (Å²) in [7, 11) is -2.81. The van der Waals surface area contributed by atoms with Crippen LogP contribution in [0.4, 0.5) is 11.4 Å². The Morgan fingerprint density at radius 3 is 2.21 bits per heavy atom. The van der Waals surface area contributed by atoms with E-state index in [1.807, 2.05) is 6.07 Å². The summed E-state index contributed by atoms with van der Waals surface area (Å²) in [4.78, 5) is 12.1. The maximum Gasteiger partial charge on any atom is 0.257 e. The Morgan fingerprint density at radius 1 is 0.895 bits per heavy atom. The summed E-state index contributed by atoms with van der Waals surface area (Å²) in [6.45, 7) is 0. The molecule has 98 valence electrons. The zero-order chi connectivity index (χ0) is 13.7. The molecule has 0 aromatic heterocycles. The van der Waals surface area contributed by atoms with Crippen LogP contribution >= 0.6 is 0 Å². The second kappa shape index (κ2) is 6.01. The molecule has 2 aromatic rings. The van der Waals surface area contributed by atoms with Gasteiger partial charge in [-0.15, -0.1) is 0 Å². The lowest BCUT2D eigenvalue weighted by atomic mass is 10.1. The van der Waals surface area contributed by atoms with Crippen molar-refractivity contribution in [3.05, 3.63) is 60.2 Å². The van der Waals surface area contributed by atoms with Gasteiger partial charge in [-0.05, 0) is 24.3 Å². The molecule has 0 spiro atoms. The van der Waals surface area contributed by atoms with Gasteiger partial charge in [-0.25, -0.2) is 8.42 Å². The van der Waals surface area contributed by atoms with Gasteiger partial charge in [0, 0.05) is 5.69 Å².